The molecular formula is C10H15FN2O. The zero-order valence-electron chi connectivity index (χ0n) is 8.22. The van der Waals surface area contributed by atoms with E-state index in [1.165, 1.54) is 6.07 Å². The van der Waals surface area contributed by atoms with Crippen LogP contribution in [0.5, 0.6) is 0 Å². The van der Waals surface area contributed by atoms with Gasteiger partial charge in [-0.05, 0) is 19.1 Å². The van der Waals surface area contributed by atoms with Gasteiger partial charge in [-0.3, -0.25) is 0 Å². The van der Waals surface area contributed by atoms with E-state index in [-0.39, 0.29) is 5.69 Å². The molecule has 3 N–H and O–H groups in total. The standard InChI is InChI=1S/C10H15FN2O/c1-2-14-7-6-13-9-5-3-4-8(11)10(9)12/h3-5,13H,2,6-7,12H2,1H3. The van der Waals surface area contributed by atoms with Gasteiger partial charge >= 0.3 is 0 Å². The van der Waals surface area contributed by atoms with E-state index < -0.39 is 5.82 Å². The Morgan fingerprint density at radius 3 is 3.00 bits per heavy atom. The van der Waals surface area contributed by atoms with Gasteiger partial charge in [-0.25, -0.2) is 4.39 Å². The summed E-state index contributed by atoms with van der Waals surface area (Å²) in [6.07, 6.45) is 0. The third-order valence-electron chi connectivity index (χ3n) is 1.82. The number of halogens is 1. The lowest BCUT2D eigenvalue weighted by atomic mass is 10.2. The summed E-state index contributed by atoms with van der Waals surface area (Å²) in [5.74, 6) is -0.397. The van der Waals surface area contributed by atoms with Crippen LogP contribution >= 0.6 is 0 Å². The van der Waals surface area contributed by atoms with E-state index in [1.807, 2.05) is 6.92 Å². The molecule has 0 saturated heterocycles. The molecule has 1 aromatic rings. The Balaban J connectivity index is 2.46. The summed E-state index contributed by atoms with van der Waals surface area (Å²) in [7, 11) is 0. The second-order valence-electron chi connectivity index (χ2n) is 2.82. The SMILES string of the molecule is CCOCCNc1cccc(F)c1N. The molecule has 0 aliphatic rings. The smallest absolute Gasteiger partial charge is 0.148 e. The average molecular weight is 198 g/mol. The fourth-order valence-corrected chi connectivity index (χ4v) is 1.09. The summed E-state index contributed by atoms with van der Waals surface area (Å²) in [4.78, 5) is 0. The van der Waals surface area contributed by atoms with E-state index >= 15 is 0 Å². The van der Waals surface area contributed by atoms with Gasteiger partial charge < -0.3 is 15.8 Å². The lowest BCUT2D eigenvalue weighted by Gasteiger charge is -2.09. The van der Waals surface area contributed by atoms with E-state index in [9.17, 15) is 4.39 Å². The van der Waals surface area contributed by atoms with Crippen LogP contribution in [0.25, 0.3) is 0 Å². The molecular weight excluding hydrogens is 183 g/mol. The van der Waals surface area contributed by atoms with Crippen LogP contribution in [-0.4, -0.2) is 19.8 Å². The number of nitrogens with one attached hydrogen (secondary N) is 1. The molecule has 0 fully saturated rings. The Morgan fingerprint density at radius 1 is 1.50 bits per heavy atom. The van der Waals surface area contributed by atoms with Crippen LogP contribution in [-0.2, 0) is 4.74 Å². The predicted molar refractivity (Wildman–Crippen MR) is 55.8 cm³/mol. The van der Waals surface area contributed by atoms with Crippen LogP contribution in [0.4, 0.5) is 15.8 Å². The number of benzene rings is 1. The quantitative estimate of drug-likeness (QED) is 0.560. The van der Waals surface area contributed by atoms with Gasteiger partial charge in [0.25, 0.3) is 0 Å². The number of ether oxygens (including phenoxy) is 1. The van der Waals surface area contributed by atoms with Crippen LogP contribution < -0.4 is 11.1 Å². The number of anilines is 2. The van der Waals surface area contributed by atoms with E-state index in [0.29, 0.717) is 25.4 Å². The first-order valence-electron chi connectivity index (χ1n) is 4.61. The Morgan fingerprint density at radius 2 is 2.29 bits per heavy atom. The summed E-state index contributed by atoms with van der Waals surface area (Å²) in [5.41, 5.74) is 6.29. The van der Waals surface area contributed by atoms with Crippen molar-refractivity contribution in [2.75, 3.05) is 30.8 Å². The molecule has 0 radical (unpaired) electrons. The molecule has 0 aromatic heterocycles. The first kappa shape index (κ1) is 10.8. The third kappa shape index (κ3) is 2.88. The highest BCUT2D eigenvalue weighted by Crippen LogP contribution is 2.20. The molecule has 14 heavy (non-hydrogen) atoms. The Bertz CT molecular complexity index is 291. The summed E-state index contributed by atoms with van der Waals surface area (Å²) in [6.45, 7) is 3.82. The predicted octanol–water partition coefficient (Wildman–Crippen LogP) is 1.86. The first-order valence-corrected chi connectivity index (χ1v) is 4.61. The molecule has 0 atom stereocenters. The van der Waals surface area contributed by atoms with E-state index in [2.05, 4.69) is 5.32 Å². The molecule has 0 aliphatic carbocycles. The minimum absolute atomic E-state index is 0.156. The third-order valence-corrected chi connectivity index (χ3v) is 1.82. The molecule has 0 spiro atoms. The van der Waals surface area contributed by atoms with Gasteiger partial charge in [0.2, 0.25) is 0 Å². The number of nitrogens with two attached hydrogens (primary N) is 1. The Labute approximate surface area is 83.1 Å². The molecule has 3 nitrogen and oxygen atoms in total. The summed E-state index contributed by atoms with van der Waals surface area (Å²) < 4.78 is 18.1. The number of hydrogen-bond acceptors (Lipinski definition) is 3. The van der Waals surface area contributed by atoms with Crippen LogP contribution in [0.3, 0.4) is 0 Å². The van der Waals surface area contributed by atoms with Gasteiger partial charge in [-0.1, -0.05) is 6.07 Å². The number of nitrogen functional groups attached to an aromatic ring is 1. The normalized spacial score (nSPS) is 10.1. The van der Waals surface area contributed by atoms with Crippen molar-refractivity contribution in [2.45, 2.75) is 6.92 Å². The van der Waals surface area contributed by atoms with Gasteiger partial charge in [-0.2, -0.15) is 0 Å². The maximum absolute atomic E-state index is 13.0. The van der Waals surface area contributed by atoms with Crippen molar-refractivity contribution in [3.63, 3.8) is 0 Å². The zero-order valence-corrected chi connectivity index (χ0v) is 8.22. The monoisotopic (exact) mass is 198 g/mol. The van der Waals surface area contributed by atoms with Gasteiger partial charge in [-0.15, -0.1) is 0 Å². The molecule has 0 heterocycles. The van der Waals surface area contributed by atoms with E-state index in [0.717, 1.165) is 0 Å². The van der Waals surface area contributed by atoms with Gasteiger partial charge in [0.1, 0.15) is 5.82 Å². The lowest BCUT2D eigenvalue weighted by Crippen LogP contribution is -2.10. The van der Waals surface area contributed by atoms with Crippen LogP contribution in [0.1, 0.15) is 6.92 Å². The molecule has 0 unspecified atom stereocenters. The minimum atomic E-state index is -0.397. The first-order chi connectivity index (χ1) is 6.75. The van der Waals surface area contributed by atoms with Gasteiger partial charge in [0.05, 0.1) is 18.0 Å². The summed E-state index contributed by atoms with van der Waals surface area (Å²) >= 11 is 0. The summed E-state index contributed by atoms with van der Waals surface area (Å²) in [5, 5.41) is 3.00. The highest BCUT2D eigenvalue weighted by molar-refractivity contribution is 5.66. The second kappa shape index (κ2) is 5.44. The largest absolute Gasteiger partial charge is 0.395 e. The zero-order chi connectivity index (χ0) is 10.4. The number of para-hydroxylation sites is 1. The highest BCUT2D eigenvalue weighted by atomic mass is 19.1. The number of hydrogen-bond donors (Lipinski definition) is 2. The Kier molecular flexibility index (Phi) is 4.19. The maximum Gasteiger partial charge on any atom is 0.148 e. The fraction of sp³-hybridized carbons (Fsp3) is 0.400. The lowest BCUT2D eigenvalue weighted by molar-refractivity contribution is 0.158. The average Bonchev–Trinajstić information content (AvgIpc) is 2.19. The van der Waals surface area contributed by atoms with Crippen molar-refractivity contribution in [3.05, 3.63) is 24.0 Å². The van der Waals surface area contributed by atoms with Crippen molar-refractivity contribution in [2.24, 2.45) is 0 Å². The van der Waals surface area contributed by atoms with Crippen molar-refractivity contribution in [1.29, 1.82) is 0 Å². The Hall–Kier alpha value is -1.29. The fourth-order valence-electron chi connectivity index (χ4n) is 1.09. The summed E-state index contributed by atoms with van der Waals surface area (Å²) in [6, 6.07) is 4.70. The van der Waals surface area contributed by atoms with Crippen LogP contribution in [0.2, 0.25) is 0 Å². The van der Waals surface area contributed by atoms with Gasteiger partial charge in [0, 0.05) is 13.2 Å². The van der Waals surface area contributed by atoms with Crippen molar-refractivity contribution in [3.8, 4) is 0 Å². The molecule has 1 aromatic carbocycles. The maximum atomic E-state index is 13.0. The van der Waals surface area contributed by atoms with Crippen LogP contribution in [0, 0.1) is 5.82 Å². The minimum Gasteiger partial charge on any atom is -0.395 e. The molecule has 4 heteroatoms. The molecule has 78 valence electrons. The van der Waals surface area contributed by atoms with Gasteiger partial charge in [0.15, 0.2) is 0 Å². The van der Waals surface area contributed by atoms with Crippen molar-refractivity contribution >= 4 is 11.4 Å². The van der Waals surface area contributed by atoms with Crippen molar-refractivity contribution < 1.29 is 9.13 Å². The molecule has 0 saturated carbocycles. The topological polar surface area (TPSA) is 47.3 Å². The molecule has 0 aliphatic heterocycles. The van der Waals surface area contributed by atoms with Crippen molar-refractivity contribution in [1.82, 2.24) is 0 Å². The highest BCUT2D eigenvalue weighted by Gasteiger charge is 2.02. The van der Waals surface area contributed by atoms with Crippen LogP contribution in [0.15, 0.2) is 18.2 Å². The molecule has 0 amide bonds. The molecule has 1 rings (SSSR count). The molecule has 0 bridgehead atoms. The van der Waals surface area contributed by atoms with E-state index in [4.69, 9.17) is 10.5 Å². The van der Waals surface area contributed by atoms with E-state index in [1.54, 1.807) is 12.1 Å². The number of rotatable bonds is 5. The second-order valence-corrected chi connectivity index (χ2v) is 2.82.